The van der Waals surface area contributed by atoms with Crippen molar-refractivity contribution in [2.75, 3.05) is 50.9 Å². The molecule has 0 aromatic heterocycles. The van der Waals surface area contributed by atoms with Crippen molar-refractivity contribution in [1.82, 2.24) is 4.90 Å². The maximum atomic E-state index is 12.9. The molecule has 0 radical (unpaired) electrons. The van der Waals surface area contributed by atoms with Gasteiger partial charge in [-0.2, -0.15) is 0 Å². The molecule has 0 bridgehead atoms. The number of rotatable bonds is 2. The van der Waals surface area contributed by atoms with Crippen LogP contribution in [-0.2, 0) is 9.47 Å². The molecule has 1 spiro atoms. The summed E-state index contributed by atoms with van der Waals surface area (Å²) in [4.78, 5) is 17.0. The van der Waals surface area contributed by atoms with E-state index in [1.807, 2.05) is 29.2 Å². The maximum absolute atomic E-state index is 12.9. The molecule has 3 aliphatic heterocycles. The highest BCUT2D eigenvalue weighted by Gasteiger charge is 2.52. The van der Waals surface area contributed by atoms with E-state index in [0.29, 0.717) is 44.5 Å². The van der Waals surface area contributed by atoms with Crippen LogP contribution in [0.4, 0.5) is 5.69 Å². The summed E-state index contributed by atoms with van der Waals surface area (Å²) in [5.41, 5.74) is -0.109. The predicted molar refractivity (Wildman–Crippen MR) is 105 cm³/mol. The molecule has 1 aromatic carbocycles. The minimum Gasteiger partial charge on any atom is -0.387 e. The second kappa shape index (κ2) is 7.63. The summed E-state index contributed by atoms with van der Waals surface area (Å²) in [6, 6.07) is 7.76. The third-order valence-electron chi connectivity index (χ3n) is 6.47. The first-order valence-corrected chi connectivity index (χ1v) is 10.2. The van der Waals surface area contributed by atoms with Gasteiger partial charge in [0.2, 0.25) is 0 Å². The number of likely N-dealkylation sites (tertiary alicyclic amines) is 1. The molecular weight excluding hydrogens is 360 g/mol. The van der Waals surface area contributed by atoms with E-state index in [-0.39, 0.29) is 5.91 Å². The molecular formula is C21H30N2O5. The van der Waals surface area contributed by atoms with E-state index in [0.717, 1.165) is 32.0 Å². The zero-order chi connectivity index (χ0) is 19.8. The molecule has 0 unspecified atom stereocenters. The minimum absolute atomic E-state index is 0.000405. The van der Waals surface area contributed by atoms with Crippen molar-refractivity contribution in [1.29, 1.82) is 0 Å². The van der Waals surface area contributed by atoms with Gasteiger partial charge >= 0.3 is 0 Å². The van der Waals surface area contributed by atoms with E-state index in [9.17, 15) is 15.0 Å². The molecule has 28 heavy (non-hydrogen) atoms. The fourth-order valence-electron chi connectivity index (χ4n) is 4.57. The first-order chi connectivity index (χ1) is 13.4. The number of hydrogen-bond donors (Lipinski definition) is 2. The summed E-state index contributed by atoms with van der Waals surface area (Å²) < 4.78 is 11.3. The van der Waals surface area contributed by atoms with Crippen molar-refractivity contribution in [3.8, 4) is 0 Å². The predicted octanol–water partition coefficient (Wildman–Crippen LogP) is 1.03. The number of amides is 1. The third-order valence-corrected chi connectivity index (χ3v) is 6.47. The van der Waals surface area contributed by atoms with Crippen molar-refractivity contribution >= 4 is 11.6 Å². The Balaban J connectivity index is 1.39. The molecule has 154 valence electrons. The molecule has 2 atom stereocenters. The molecule has 7 heteroatoms. The Morgan fingerprint density at radius 3 is 2.32 bits per heavy atom. The van der Waals surface area contributed by atoms with Crippen molar-refractivity contribution < 1.29 is 24.5 Å². The van der Waals surface area contributed by atoms with Gasteiger partial charge in [0.05, 0.1) is 25.4 Å². The van der Waals surface area contributed by atoms with E-state index in [4.69, 9.17) is 9.47 Å². The molecule has 1 aromatic rings. The summed E-state index contributed by atoms with van der Waals surface area (Å²) in [7, 11) is 0. The molecule has 1 amide bonds. The van der Waals surface area contributed by atoms with E-state index in [1.165, 1.54) is 0 Å². The summed E-state index contributed by atoms with van der Waals surface area (Å²) in [5, 5.41) is 21.0. The van der Waals surface area contributed by atoms with Gasteiger partial charge < -0.3 is 29.5 Å². The lowest BCUT2D eigenvalue weighted by Crippen LogP contribution is -2.64. The van der Waals surface area contributed by atoms with Crippen LogP contribution in [-0.4, -0.2) is 84.3 Å². The lowest BCUT2D eigenvalue weighted by molar-refractivity contribution is -0.244. The number of hydrogen-bond acceptors (Lipinski definition) is 6. The Labute approximate surface area is 165 Å². The lowest BCUT2D eigenvalue weighted by Gasteiger charge is -2.51. The zero-order valence-corrected chi connectivity index (χ0v) is 16.5. The Kier molecular flexibility index (Phi) is 5.35. The maximum Gasteiger partial charge on any atom is 0.253 e. The second-order valence-electron chi connectivity index (χ2n) is 8.36. The van der Waals surface area contributed by atoms with Gasteiger partial charge in [-0.15, -0.1) is 0 Å². The number of carbonyl (C=O) groups excluding carboxylic acids is 1. The van der Waals surface area contributed by atoms with Gasteiger partial charge in [0.25, 0.3) is 5.91 Å². The smallest absolute Gasteiger partial charge is 0.253 e. The molecule has 3 aliphatic rings. The van der Waals surface area contributed by atoms with E-state index in [1.54, 1.807) is 6.92 Å². The normalized spacial score (nSPS) is 30.5. The van der Waals surface area contributed by atoms with Crippen LogP contribution in [0.15, 0.2) is 24.3 Å². The highest BCUT2D eigenvalue weighted by molar-refractivity contribution is 5.94. The van der Waals surface area contributed by atoms with Gasteiger partial charge in [0.1, 0.15) is 11.7 Å². The van der Waals surface area contributed by atoms with Gasteiger partial charge in [-0.25, -0.2) is 0 Å². The SMILES string of the molecule is C[C@@]1(O)CCOC2(CCN(C(=O)c3ccc(N4CCOCC4)cc3)CC2)[C@H]1O. The minimum atomic E-state index is -1.14. The fourth-order valence-corrected chi connectivity index (χ4v) is 4.57. The highest BCUT2D eigenvalue weighted by Crippen LogP contribution is 2.40. The first-order valence-electron chi connectivity index (χ1n) is 10.2. The molecule has 3 fully saturated rings. The Morgan fingerprint density at radius 2 is 1.68 bits per heavy atom. The van der Waals surface area contributed by atoms with Crippen molar-refractivity contribution in [2.24, 2.45) is 0 Å². The average Bonchev–Trinajstić information content (AvgIpc) is 2.73. The monoisotopic (exact) mass is 390 g/mol. The third kappa shape index (κ3) is 3.64. The van der Waals surface area contributed by atoms with Gasteiger partial charge in [-0.3, -0.25) is 4.79 Å². The number of piperidine rings is 1. The van der Waals surface area contributed by atoms with Crippen molar-refractivity contribution in [3.63, 3.8) is 0 Å². The molecule has 4 rings (SSSR count). The Hall–Kier alpha value is -1.67. The molecule has 3 saturated heterocycles. The lowest BCUT2D eigenvalue weighted by atomic mass is 9.75. The van der Waals surface area contributed by atoms with E-state index < -0.39 is 17.3 Å². The van der Waals surface area contributed by atoms with E-state index >= 15 is 0 Å². The Morgan fingerprint density at radius 1 is 1.04 bits per heavy atom. The number of aliphatic hydroxyl groups excluding tert-OH is 1. The van der Waals surface area contributed by atoms with Crippen LogP contribution in [0.5, 0.6) is 0 Å². The van der Waals surface area contributed by atoms with Crippen LogP contribution in [0, 0.1) is 0 Å². The number of morpholine rings is 1. The number of carbonyl (C=O) groups is 1. The standard InChI is InChI=1S/C21H30N2O5/c1-20(26)8-13-28-21(19(20)25)6-9-23(10-7-21)18(24)16-2-4-17(5-3-16)22-11-14-27-15-12-22/h2-5,19,25-26H,6-15H2,1H3/t19-,20+/m0/s1. The van der Waals surface area contributed by atoms with Crippen molar-refractivity contribution in [3.05, 3.63) is 29.8 Å². The topological polar surface area (TPSA) is 82.5 Å². The molecule has 0 saturated carbocycles. The molecule has 0 aliphatic carbocycles. The van der Waals surface area contributed by atoms with Crippen LogP contribution >= 0.6 is 0 Å². The number of ether oxygens (including phenoxy) is 2. The van der Waals surface area contributed by atoms with Crippen LogP contribution < -0.4 is 4.90 Å². The van der Waals surface area contributed by atoms with Crippen LogP contribution in [0.3, 0.4) is 0 Å². The second-order valence-corrected chi connectivity index (χ2v) is 8.36. The van der Waals surface area contributed by atoms with Gasteiger partial charge in [-0.05, 0) is 44.0 Å². The molecule has 7 nitrogen and oxygen atoms in total. The fraction of sp³-hybridized carbons (Fsp3) is 0.667. The number of aliphatic hydroxyl groups is 2. The Bertz CT molecular complexity index is 691. The quantitative estimate of drug-likeness (QED) is 0.785. The summed E-state index contributed by atoms with van der Waals surface area (Å²) >= 11 is 0. The van der Waals surface area contributed by atoms with Crippen LogP contribution in [0.1, 0.15) is 36.5 Å². The van der Waals surface area contributed by atoms with Crippen LogP contribution in [0.2, 0.25) is 0 Å². The summed E-state index contributed by atoms with van der Waals surface area (Å²) in [5.74, 6) is 0.000405. The van der Waals surface area contributed by atoms with E-state index in [2.05, 4.69) is 4.90 Å². The highest BCUT2D eigenvalue weighted by atomic mass is 16.5. The molecule has 2 N–H and O–H groups in total. The first kappa shape index (κ1) is 19.6. The van der Waals surface area contributed by atoms with Gasteiger partial charge in [0.15, 0.2) is 0 Å². The van der Waals surface area contributed by atoms with Gasteiger partial charge in [-0.1, -0.05) is 0 Å². The number of anilines is 1. The summed E-state index contributed by atoms with van der Waals surface area (Å²) in [6.45, 7) is 6.32. The largest absolute Gasteiger partial charge is 0.387 e. The van der Waals surface area contributed by atoms with Gasteiger partial charge in [0, 0.05) is 43.9 Å². The number of benzene rings is 1. The zero-order valence-electron chi connectivity index (χ0n) is 16.5. The van der Waals surface area contributed by atoms with Crippen LogP contribution in [0.25, 0.3) is 0 Å². The number of nitrogens with zero attached hydrogens (tertiary/aromatic N) is 2. The molecule has 3 heterocycles. The van der Waals surface area contributed by atoms with Crippen molar-refractivity contribution in [2.45, 2.75) is 43.5 Å². The summed E-state index contributed by atoms with van der Waals surface area (Å²) in [6.07, 6.45) is 0.552. The average molecular weight is 390 g/mol.